The Morgan fingerprint density at radius 2 is 2.20 bits per heavy atom. The van der Waals surface area contributed by atoms with Gasteiger partial charge in [-0.2, -0.15) is 0 Å². The molecule has 0 unspecified atom stereocenters. The SMILES string of the molecule is CCC1(CNc2cc(Cl)ccc2N)CC1. The largest absolute Gasteiger partial charge is 0.397 e. The first-order valence-electron chi connectivity index (χ1n) is 5.44. The summed E-state index contributed by atoms with van der Waals surface area (Å²) in [6.45, 7) is 3.25. The quantitative estimate of drug-likeness (QED) is 0.768. The van der Waals surface area contributed by atoms with Crippen molar-refractivity contribution in [1.82, 2.24) is 0 Å². The lowest BCUT2D eigenvalue weighted by atomic mass is 10.0. The molecule has 0 aliphatic heterocycles. The van der Waals surface area contributed by atoms with Crippen LogP contribution in [0.15, 0.2) is 18.2 Å². The van der Waals surface area contributed by atoms with Gasteiger partial charge in [-0.1, -0.05) is 18.5 Å². The standard InChI is InChI=1S/C12H17ClN2/c1-2-12(5-6-12)8-15-11-7-9(13)3-4-10(11)14/h3-4,7,15H,2,5-6,8,14H2,1H3. The Bertz CT molecular complexity index is 359. The Balaban J connectivity index is 2.01. The molecule has 3 N–H and O–H groups in total. The van der Waals surface area contributed by atoms with Gasteiger partial charge >= 0.3 is 0 Å². The molecule has 1 aliphatic carbocycles. The molecule has 0 bridgehead atoms. The average molecular weight is 225 g/mol. The van der Waals surface area contributed by atoms with E-state index in [0.29, 0.717) is 5.41 Å². The minimum Gasteiger partial charge on any atom is -0.397 e. The molecule has 0 atom stereocenters. The van der Waals surface area contributed by atoms with E-state index in [1.807, 2.05) is 18.2 Å². The van der Waals surface area contributed by atoms with E-state index in [4.69, 9.17) is 17.3 Å². The average Bonchev–Trinajstić information content (AvgIpc) is 3.00. The highest BCUT2D eigenvalue weighted by Crippen LogP contribution is 2.48. The van der Waals surface area contributed by atoms with Crippen molar-refractivity contribution in [3.05, 3.63) is 23.2 Å². The molecule has 3 heteroatoms. The van der Waals surface area contributed by atoms with E-state index < -0.39 is 0 Å². The topological polar surface area (TPSA) is 38.0 Å². The number of halogens is 1. The fourth-order valence-corrected chi connectivity index (χ4v) is 1.97. The van der Waals surface area contributed by atoms with E-state index in [1.54, 1.807) is 0 Å². The maximum Gasteiger partial charge on any atom is 0.0589 e. The minimum absolute atomic E-state index is 0.523. The van der Waals surface area contributed by atoms with E-state index >= 15 is 0 Å². The van der Waals surface area contributed by atoms with Crippen LogP contribution in [0.25, 0.3) is 0 Å². The first kappa shape index (κ1) is 10.6. The Hall–Kier alpha value is -0.890. The normalized spacial score (nSPS) is 17.5. The van der Waals surface area contributed by atoms with Crippen molar-refractivity contribution < 1.29 is 0 Å². The zero-order chi connectivity index (χ0) is 10.9. The van der Waals surface area contributed by atoms with Gasteiger partial charge in [-0.05, 0) is 42.9 Å². The van der Waals surface area contributed by atoms with Gasteiger partial charge in [-0.3, -0.25) is 0 Å². The Kier molecular flexibility index (Phi) is 2.79. The highest BCUT2D eigenvalue weighted by Gasteiger charge is 2.40. The predicted octanol–water partition coefficient (Wildman–Crippen LogP) is 3.52. The van der Waals surface area contributed by atoms with Crippen molar-refractivity contribution in [2.75, 3.05) is 17.6 Å². The molecule has 1 aromatic carbocycles. The van der Waals surface area contributed by atoms with Crippen molar-refractivity contribution in [3.8, 4) is 0 Å². The van der Waals surface area contributed by atoms with Crippen LogP contribution in [0, 0.1) is 5.41 Å². The molecule has 0 radical (unpaired) electrons. The van der Waals surface area contributed by atoms with Crippen LogP contribution in [-0.2, 0) is 0 Å². The van der Waals surface area contributed by atoms with Gasteiger partial charge in [0.1, 0.15) is 0 Å². The monoisotopic (exact) mass is 224 g/mol. The van der Waals surface area contributed by atoms with Gasteiger partial charge < -0.3 is 11.1 Å². The molecule has 0 heterocycles. The maximum absolute atomic E-state index is 5.92. The summed E-state index contributed by atoms with van der Waals surface area (Å²) in [5, 5.41) is 4.13. The third kappa shape index (κ3) is 2.37. The Morgan fingerprint density at radius 1 is 1.47 bits per heavy atom. The fraction of sp³-hybridized carbons (Fsp3) is 0.500. The third-order valence-electron chi connectivity index (χ3n) is 3.38. The molecule has 1 aliphatic rings. The van der Waals surface area contributed by atoms with Gasteiger partial charge in [0, 0.05) is 11.6 Å². The van der Waals surface area contributed by atoms with E-state index in [9.17, 15) is 0 Å². The van der Waals surface area contributed by atoms with Gasteiger partial charge in [0.05, 0.1) is 11.4 Å². The second-order valence-corrected chi connectivity index (χ2v) is 4.88. The molecule has 2 nitrogen and oxygen atoms in total. The molecule has 0 spiro atoms. The lowest BCUT2D eigenvalue weighted by molar-refractivity contribution is 0.521. The highest BCUT2D eigenvalue weighted by molar-refractivity contribution is 6.31. The summed E-state index contributed by atoms with van der Waals surface area (Å²) in [4.78, 5) is 0. The lowest BCUT2D eigenvalue weighted by Gasteiger charge is -2.15. The highest BCUT2D eigenvalue weighted by atomic mass is 35.5. The van der Waals surface area contributed by atoms with Crippen molar-refractivity contribution >= 4 is 23.0 Å². The molecule has 15 heavy (non-hydrogen) atoms. The number of nitrogen functional groups attached to an aromatic ring is 1. The Morgan fingerprint density at radius 3 is 2.80 bits per heavy atom. The summed E-state index contributed by atoms with van der Waals surface area (Å²) >= 11 is 5.92. The summed E-state index contributed by atoms with van der Waals surface area (Å²) in [5.74, 6) is 0. The molecule has 0 saturated heterocycles. The number of anilines is 2. The molecule has 0 amide bonds. The molecule has 1 fully saturated rings. The minimum atomic E-state index is 0.523. The van der Waals surface area contributed by atoms with Crippen molar-refractivity contribution in [1.29, 1.82) is 0 Å². The number of rotatable bonds is 4. The Labute approximate surface area is 95.8 Å². The summed E-state index contributed by atoms with van der Waals surface area (Å²) in [6.07, 6.45) is 3.90. The summed E-state index contributed by atoms with van der Waals surface area (Å²) in [6, 6.07) is 5.55. The van der Waals surface area contributed by atoms with Crippen LogP contribution >= 0.6 is 11.6 Å². The number of benzene rings is 1. The lowest BCUT2D eigenvalue weighted by Crippen LogP contribution is -2.15. The molecular weight excluding hydrogens is 208 g/mol. The number of hydrogen-bond acceptors (Lipinski definition) is 2. The molecule has 2 rings (SSSR count). The van der Waals surface area contributed by atoms with Gasteiger partial charge in [-0.15, -0.1) is 0 Å². The molecule has 1 aromatic rings. The smallest absolute Gasteiger partial charge is 0.0589 e. The number of nitrogens with one attached hydrogen (secondary N) is 1. The first-order chi connectivity index (χ1) is 7.15. The number of hydrogen-bond donors (Lipinski definition) is 2. The molecule has 1 saturated carbocycles. The van der Waals surface area contributed by atoms with Crippen LogP contribution in [0.2, 0.25) is 5.02 Å². The van der Waals surface area contributed by atoms with Crippen molar-refractivity contribution in [3.63, 3.8) is 0 Å². The predicted molar refractivity (Wildman–Crippen MR) is 66.3 cm³/mol. The fourth-order valence-electron chi connectivity index (χ4n) is 1.80. The zero-order valence-electron chi connectivity index (χ0n) is 9.02. The van der Waals surface area contributed by atoms with Crippen LogP contribution < -0.4 is 11.1 Å². The van der Waals surface area contributed by atoms with Crippen LogP contribution in [0.1, 0.15) is 26.2 Å². The second kappa shape index (κ2) is 3.93. The maximum atomic E-state index is 5.92. The van der Waals surface area contributed by atoms with E-state index in [2.05, 4.69) is 12.2 Å². The van der Waals surface area contributed by atoms with Crippen LogP contribution in [0.3, 0.4) is 0 Å². The van der Waals surface area contributed by atoms with Crippen LogP contribution in [-0.4, -0.2) is 6.54 Å². The van der Waals surface area contributed by atoms with Gasteiger partial charge in [0.25, 0.3) is 0 Å². The van der Waals surface area contributed by atoms with Gasteiger partial charge in [0.15, 0.2) is 0 Å². The van der Waals surface area contributed by atoms with Gasteiger partial charge in [0.2, 0.25) is 0 Å². The number of nitrogens with two attached hydrogens (primary N) is 1. The van der Waals surface area contributed by atoms with E-state index in [1.165, 1.54) is 19.3 Å². The third-order valence-corrected chi connectivity index (χ3v) is 3.61. The van der Waals surface area contributed by atoms with E-state index in [0.717, 1.165) is 22.9 Å². The summed E-state index contributed by atoms with van der Waals surface area (Å²) < 4.78 is 0. The second-order valence-electron chi connectivity index (χ2n) is 4.44. The summed E-state index contributed by atoms with van der Waals surface area (Å²) in [5.41, 5.74) is 8.11. The van der Waals surface area contributed by atoms with Gasteiger partial charge in [-0.25, -0.2) is 0 Å². The van der Waals surface area contributed by atoms with Crippen molar-refractivity contribution in [2.24, 2.45) is 5.41 Å². The summed E-state index contributed by atoms with van der Waals surface area (Å²) in [7, 11) is 0. The molecule has 0 aromatic heterocycles. The first-order valence-corrected chi connectivity index (χ1v) is 5.82. The molecular formula is C12H17ClN2. The van der Waals surface area contributed by atoms with Crippen LogP contribution in [0.4, 0.5) is 11.4 Å². The molecule has 82 valence electrons. The van der Waals surface area contributed by atoms with Crippen molar-refractivity contribution in [2.45, 2.75) is 26.2 Å². The zero-order valence-corrected chi connectivity index (χ0v) is 9.77. The van der Waals surface area contributed by atoms with E-state index in [-0.39, 0.29) is 0 Å². The van der Waals surface area contributed by atoms with Crippen LogP contribution in [0.5, 0.6) is 0 Å².